The molecule has 2 heterocycles. The van der Waals surface area contributed by atoms with Crippen molar-refractivity contribution in [2.45, 2.75) is 18.5 Å². The lowest BCUT2D eigenvalue weighted by atomic mass is 10.0. The first-order valence-electron chi connectivity index (χ1n) is 5.38. The van der Waals surface area contributed by atoms with Crippen LogP contribution in [0.5, 0.6) is 0 Å². The first-order chi connectivity index (χ1) is 8.40. The van der Waals surface area contributed by atoms with Gasteiger partial charge < -0.3 is 15.3 Å². The zero-order valence-corrected chi connectivity index (χ0v) is 9.54. The van der Waals surface area contributed by atoms with E-state index in [2.05, 4.69) is 0 Å². The summed E-state index contributed by atoms with van der Waals surface area (Å²) in [5, 5.41) is 19.4. The summed E-state index contributed by atoms with van der Waals surface area (Å²) in [5.74, 6) is -0.923. The maximum absolute atomic E-state index is 11.0. The average molecular weight is 255 g/mol. The molecule has 0 aromatic carbocycles. The smallest absolute Gasteiger partial charge is 0.433 e. The Morgan fingerprint density at radius 3 is 2.89 bits per heavy atom. The van der Waals surface area contributed by atoms with Crippen LogP contribution in [0, 0.1) is 10.1 Å². The van der Waals surface area contributed by atoms with Gasteiger partial charge in [0.05, 0.1) is 12.6 Å². The van der Waals surface area contributed by atoms with Gasteiger partial charge >= 0.3 is 11.9 Å². The lowest BCUT2D eigenvalue weighted by Crippen LogP contribution is -2.49. The average Bonchev–Trinajstić information content (AvgIpc) is 2.87. The van der Waals surface area contributed by atoms with Gasteiger partial charge in [0.15, 0.2) is 0 Å². The van der Waals surface area contributed by atoms with Crippen LogP contribution < -0.4 is 5.73 Å². The molecule has 2 rings (SSSR count). The van der Waals surface area contributed by atoms with E-state index in [9.17, 15) is 14.9 Å². The van der Waals surface area contributed by atoms with E-state index in [0.717, 1.165) is 0 Å². The number of hydrogen-bond acceptors (Lipinski definition) is 6. The van der Waals surface area contributed by atoms with Gasteiger partial charge in [-0.2, -0.15) is 0 Å². The Morgan fingerprint density at radius 2 is 2.39 bits per heavy atom. The summed E-state index contributed by atoms with van der Waals surface area (Å²) in [6, 6.07) is 2.79. The van der Waals surface area contributed by atoms with Gasteiger partial charge in [-0.3, -0.25) is 19.8 Å². The number of hydrogen-bond donors (Lipinski definition) is 2. The van der Waals surface area contributed by atoms with Crippen LogP contribution >= 0.6 is 0 Å². The maximum Gasteiger partial charge on any atom is 0.433 e. The molecule has 18 heavy (non-hydrogen) atoms. The number of furan rings is 1. The quantitative estimate of drug-likeness (QED) is 0.580. The third kappa shape index (κ3) is 2.34. The van der Waals surface area contributed by atoms with E-state index < -0.39 is 16.4 Å². The predicted molar refractivity (Wildman–Crippen MR) is 59.8 cm³/mol. The zero-order chi connectivity index (χ0) is 13.3. The maximum atomic E-state index is 11.0. The second kappa shape index (κ2) is 4.39. The van der Waals surface area contributed by atoms with Crippen molar-refractivity contribution < 1.29 is 19.2 Å². The molecule has 1 saturated heterocycles. The second-order valence-corrected chi connectivity index (χ2v) is 4.42. The molecule has 1 atom stereocenters. The van der Waals surface area contributed by atoms with Crippen LogP contribution in [-0.2, 0) is 11.3 Å². The van der Waals surface area contributed by atoms with Crippen molar-refractivity contribution >= 4 is 11.9 Å². The molecule has 1 unspecified atom stereocenters. The largest absolute Gasteiger partial charge is 0.480 e. The Hall–Kier alpha value is -1.93. The second-order valence-electron chi connectivity index (χ2n) is 4.42. The number of nitro groups is 1. The number of nitrogens with two attached hydrogens (primary N) is 1. The molecule has 0 spiro atoms. The highest BCUT2D eigenvalue weighted by molar-refractivity contribution is 5.79. The molecule has 1 aliphatic heterocycles. The SMILES string of the molecule is NC1(C(=O)O)CCN(Cc2ccc([N+](=O)[O-])o2)C1. The van der Waals surface area contributed by atoms with Crippen LogP contribution in [0.15, 0.2) is 16.5 Å². The van der Waals surface area contributed by atoms with E-state index in [4.69, 9.17) is 15.3 Å². The molecule has 8 nitrogen and oxygen atoms in total. The van der Waals surface area contributed by atoms with Crippen LogP contribution in [0.25, 0.3) is 0 Å². The summed E-state index contributed by atoms with van der Waals surface area (Å²) in [6.07, 6.45) is 0.352. The van der Waals surface area contributed by atoms with Crippen LogP contribution in [-0.4, -0.2) is 39.5 Å². The van der Waals surface area contributed by atoms with Gasteiger partial charge in [0.1, 0.15) is 16.2 Å². The number of carbonyl (C=O) groups is 1. The van der Waals surface area contributed by atoms with Crippen LogP contribution in [0.1, 0.15) is 12.2 Å². The van der Waals surface area contributed by atoms with Crippen LogP contribution in [0.2, 0.25) is 0 Å². The number of carboxylic acid groups (broad SMARTS) is 1. The minimum absolute atomic E-state index is 0.205. The summed E-state index contributed by atoms with van der Waals surface area (Å²) in [6.45, 7) is 1.05. The third-order valence-electron chi connectivity index (χ3n) is 3.01. The molecule has 3 N–H and O–H groups in total. The molecule has 98 valence electrons. The molecule has 0 aliphatic carbocycles. The molecule has 1 aromatic rings. The van der Waals surface area contributed by atoms with E-state index in [1.165, 1.54) is 12.1 Å². The fraction of sp³-hybridized carbons (Fsp3) is 0.500. The van der Waals surface area contributed by atoms with E-state index in [1.54, 1.807) is 4.90 Å². The standard InChI is InChI=1S/C10H13N3O5/c11-10(9(14)15)3-4-12(6-10)5-7-1-2-8(18-7)13(16)17/h1-2H,3-6,11H2,(H,14,15). The summed E-state index contributed by atoms with van der Waals surface area (Å²) in [5.41, 5.74) is 4.48. The van der Waals surface area contributed by atoms with E-state index in [1.807, 2.05) is 0 Å². The van der Waals surface area contributed by atoms with Gasteiger partial charge in [0.2, 0.25) is 0 Å². The van der Waals surface area contributed by atoms with Crippen molar-refractivity contribution in [2.75, 3.05) is 13.1 Å². The Morgan fingerprint density at radius 1 is 1.67 bits per heavy atom. The fourth-order valence-electron chi connectivity index (χ4n) is 1.99. The summed E-state index contributed by atoms with van der Waals surface area (Å²) < 4.78 is 5.01. The molecule has 0 bridgehead atoms. The van der Waals surface area contributed by atoms with E-state index in [-0.39, 0.29) is 12.4 Å². The molecule has 1 aliphatic rings. The van der Waals surface area contributed by atoms with Crippen molar-refractivity contribution in [3.8, 4) is 0 Å². The molecule has 0 radical (unpaired) electrons. The Kier molecular flexibility index (Phi) is 3.05. The van der Waals surface area contributed by atoms with Crippen molar-refractivity contribution in [1.29, 1.82) is 0 Å². The van der Waals surface area contributed by atoms with E-state index >= 15 is 0 Å². The van der Waals surface area contributed by atoms with E-state index in [0.29, 0.717) is 25.3 Å². The fourth-order valence-corrected chi connectivity index (χ4v) is 1.99. The lowest BCUT2D eigenvalue weighted by Gasteiger charge is -2.19. The Balaban J connectivity index is 1.99. The topological polar surface area (TPSA) is 123 Å². The van der Waals surface area contributed by atoms with Crippen LogP contribution in [0.3, 0.4) is 0 Å². The molecular weight excluding hydrogens is 242 g/mol. The van der Waals surface area contributed by atoms with Gasteiger partial charge in [-0.05, 0) is 12.5 Å². The first kappa shape index (κ1) is 12.5. The summed E-state index contributed by atoms with van der Waals surface area (Å²) in [7, 11) is 0. The Labute approximate surface area is 102 Å². The summed E-state index contributed by atoms with van der Waals surface area (Å²) >= 11 is 0. The normalized spacial score (nSPS) is 24.3. The molecule has 1 aromatic heterocycles. The van der Waals surface area contributed by atoms with Crippen molar-refractivity contribution in [2.24, 2.45) is 5.73 Å². The van der Waals surface area contributed by atoms with Crippen molar-refractivity contribution in [1.82, 2.24) is 4.90 Å². The van der Waals surface area contributed by atoms with Crippen molar-refractivity contribution in [3.05, 3.63) is 28.0 Å². The van der Waals surface area contributed by atoms with Gasteiger partial charge in [0, 0.05) is 13.1 Å². The van der Waals surface area contributed by atoms with Crippen molar-refractivity contribution in [3.63, 3.8) is 0 Å². The third-order valence-corrected chi connectivity index (χ3v) is 3.01. The monoisotopic (exact) mass is 255 g/mol. The number of nitrogens with zero attached hydrogens (tertiary/aromatic N) is 2. The van der Waals surface area contributed by atoms with Gasteiger partial charge in [-0.15, -0.1) is 0 Å². The zero-order valence-electron chi connectivity index (χ0n) is 9.54. The minimum Gasteiger partial charge on any atom is -0.480 e. The minimum atomic E-state index is -1.24. The highest BCUT2D eigenvalue weighted by Gasteiger charge is 2.41. The lowest BCUT2D eigenvalue weighted by molar-refractivity contribution is -0.402. The van der Waals surface area contributed by atoms with Gasteiger partial charge in [0.25, 0.3) is 0 Å². The molecule has 8 heteroatoms. The van der Waals surface area contributed by atoms with Gasteiger partial charge in [-0.1, -0.05) is 0 Å². The molecule has 1 fully saturated rings. The highest BCUT2D eigenvalue weighted by Crippen LogP contribution is 2.23. The number of rotatable bonds is 4. The number of aliphatic carboxylic acids is 1. The Bertz CT molecular complexity index is 486. The number of likely N-dealkylation sites (tertiary alicyclic amines) is 1. The molecular formula is C10H13N3O5. The first-order valence-corrected chi connectivity index (χ1v) is 5.38. The molecule has 0 amide bonds. The van der Waals surface area contributed by atoms with Crippen LogP contribution in [0.4, 0.5) is 5.88 Å². The molecule has 0 saturated carbocycles. The summed E-state index contributed by atoms with van der Waals surface area (Å²) in [4.78, 5) is 22.6. The highest BCUT2D eigenvalue weighted by atomic mass is 16.6. The number of carboxylic acids is 1. The van der Waals surface area contributed by atoms with Gasteiger partial charge in [-0.25, -0.2) is 0 Å². The predicted octanol–water partition coefficient (Wildman–Crippen LogP) is 0.176.